The Morgan fingerprint density at radius 3 is 2.07 bits per heavy atom. The maximum atomic E-state index is 13.2. The molecule has 2 heterocycles. The quantitative estimate of drug-likeness (QED) is 0.506. The second-order valence-corrected chi connectivity index (χ2v) is 9.59. The number of carbonyl (C=O) groups is 3. The number of hydrogen-bond acceptors (Lipinski definition) is 6. The van der Waals surface area contributed by atoms with Gasteiger partial charge in [0.25, 0.3) is 0 Å². The van der Waals surface area contributed by atoms with E-state index in [1.165, 1.54) is 16.9 Å². The Morgan fingerprint density at radius 1 is 0.933 bits per heavy atom. The van der Waals surface area contributed by atoms with E-state index in [0.29, 0.717) is 12.1 Å². The number of para-hydroxylation sites is 1. The highest BCUT2D eigenvalue weighted by Crippen LogP contribution is 2.50. The molecule has 0 N–H and O–H groups in total. The summed E-state index contributed by atoms with van der Waals surface area (Å²) < 4.78 is 16.2. The van der Waals surface area contributed by atoms with Crippen LogP contribution in [0, 0.1) is 0 Å². The number of methoxy groups -OCH3 is 1. The highest BCUT2D eigenvalue weighted by Gasteiger charge is 2.57. The number of fused-ring (bicyclic) bond motifs is 3. The van der Waals surface area contributed by atoms with Crippen molar-refractivity contribution in [2.75, 3.05) is 12.0 Å². The lowest BCUT2D eigenvalue weighted by atomic mass is 9.96. The Hall–Kier alpha value is -2.77. The second kappa shape index (κ2) is 7.49. The van der Waals surface area contributed by atoms with E-state index in [1.54, 1.807) is 41.5 Å². The normalized spacial score (nSPS) is 23.0. The van der Waals surface area contributed by atoms with Crippen molar-refractivity contribution in [2.45, 2.75) is 77.3 Å². The summed E-state index contributed by atoms with van der Waals surface area (Å²) in [6.45, 7) is 10.6. The molecule has 1 aromatic rings. The van der Waals surface area contributed by atoms with Gasteiger partial charge >= 0.3 is 18.2 Å². The molecular formula is C22H30N2O6. The van der Waals surface area contributed by atoms with Crippen LogP contribution in [0.4, 0.5) is 15.3 Å². The Balaban J connectivity index is 2.08. The minimum atomic E-state index is -0.863. The maximum absolute atomic E-state index is 13.2. The number of carbonyl (C=O) groups excluding carboxylic acids is 3. The number of rotatable bonds is 1. The summed E-state index contributed by atoms with van der Waals surface area (Å²) in [4.78, 5) is 41.6. The first-order chi connectivity index (χ1) is 13.8. The Kier molecular flexibility index (Phi) is 5.47. The van der Waals surface area contributed by atoms with Gasteiger partial charge in [0.2, 0.25) is 0 Å². The van der Waals surface area contributed by atoms with Crippen molar-refractivity contribution >= 4 is 23.8 Å². The number of ether oxygens (including phenoxy) is 3. The van der Waals surface area contributed by atoms with Gasteiger partial charge in [-0.15, -0.1) is 0 Å². The molecule has 1 fully saturated rings. The van der Waals surface area contributed by atoms with Crippen LogP contribution in [-0.4, -0.2) is 53.6 Å². The number of benzene rings is 1. The summed E-state index contributed by atoms with van der Waals surface area (Å²) in [7, 11) is 1.28. The molecule has 2 aliphatic heterocycles. The van der Waals surface area contributed by atoms with Crippen LogP contribution in [0.1, 0.15) is 59.4 Å². The van der Waals surface area contributed by atoms with Crippen molar-refractivity contribution in [1.82, 2.24) is 4.90 Å². The van der Waals surface area contributed by atoms with E-state index in [9.17, 15) is 14.4 Å². The van der Waals surface area contributed by atoms with Crippen LogP contribution < -0.4 is 4.90 Å². The molecule has 30 heavy (non-hydrogen) atoms. The predicted molar refractivity (Wildman–Crippen MR) is 110 cm³/mol. The van der Waals surface area contributed by atoms with Gasteiger partial charge in [0.15, 0.2) is 0 Å². The van der Waals surface area contributed by atoms with Crippen LogP contribution in [0.25, 0.3) is 0 Å². The summed E-state index contributed by atoms with van der Waals surface area (Å²) in [6.07, 6.45) is -1.67. The molecule has 0 aliphatic carbocycles. The molecule has 0 spiro atoms. The first kappa shape index (κ1) is 21.9. The molecule has 0 aromatic heterocycles. The number of anilines is 1. The zero-order valence-corrected chi connectivity index (χ0v) is 18.6. The van der Waals surface area contributed by atoms with Crippen molar-refractivity contribution < 1.29 is 28.6 Å². The van der Waals surface area contributed by atoms with Crippen molar-refractivity contribution in [3.63, 3.8) is 0 Å². The molecule has 2 amide bonds. The van der Waals surface area contributed by atoms with Crippen LogP contribution >= 0.6 is 0 Å². The monoisotopic (exact) mass is 418 g/mol. The molecule has 2 aliphatic rings. The predicted octanol–water partition coefficient (Wildman–Crippen LogP) is 4.03. The second-order valence-electron chi connectivity index (χ2n) is 9.59. The lowest BCUT2D eigenvalue weighted by Gasteiger charge is -2.36. The fraction of sp³-hybridized carbons (Fsp3) is 0.591. The minimum Gasteiger partial charge on any atom is -0.467 e. The lowest BCUT2D eigenvalue weighted by molar-refractivity contribution is -0.146. The number of likely N-dealkylation sites (tertiary alicyclic amines) is 1. The molecule has 1 aromatic carbocycles. The summed E-state index contributed by atoms with van der Waals surface area (Å²) in [6, 6.07) is 6.56. The number of hydrogen-bond donors (Lipinski definition) is 0. The molecular weight excluding hydrogens is 388 g/mol. The molecule has 0 bridgehead atoms. The largest absolute Gasteiger partial charge is 0.467 e. The van der Waals surface area contributed by atoms with E-state index >= 15 is 0 Å². The first-order valence-electron chi connectivity index (χ1n) is 10.0. The summed E-state index contributed by atoms with van der Waals surface area (Å²) >= 11 is 0. The Bertz CT molecular complexity index is 854. The van der Waals surface area contributed by atoms with Gasteiger partial charge in [-0.25, -0.2) is 14.4 Å². The number of esters is 1. The van der Waals surface area contributed by atoms with Crippen molar-refractivity contribution in [3.8, 4) is 0 Å². The highest BCUT2D eigenvalue weighted by molar-refractivity contribution is 5.94. The smallest absolute Gasteiger partial charge is 0.416 e. The zero-order valence-electron chi connectivity index (χ0n) is 18.6. The van der Waals surface area contributed by atoms with E-state index in [4.69, 9.17) is 14.2 Å². The van der Waals surface area contributed by atoms with Crippen LogP contribution in [-0.2, 0) is 19.0 Å². The van der Waals surface area contributed by atoms with Gasteiger partial charge in [0.05, 0.1) is 12.8 Å². The van der Waals surface area contributed by atoms with E-state index in [1.807, 2.05) is 24.3 Å². The molecule has 1 saturated heterocycles. The third-order valence-corrected chi connectivity index (χ3v) is 4.99. The third-order valence-electron chi connectivity index (χ3n) is 4.99. The van der Waals surface area contributed by atoms with Crippen LogP contribution in [0.3, 0.4) is 0 Å². The molecule has 0 saturated carbocycles. The van der Waals surface area contributed by atoms with Crippen LogP contribution in [0.5, 0.6) is 0 Å². The Labute approximate surface area is 177 Å². The lowest BCUT2D eigenvalue weighted by Crippen LogP contribution is -2.55. The van der Waals surface area contributed by atoms with Gasteiger partial charge in [0.1, 0.15) is 23.4 Å². The summed E-state index contributed by atoms with van der Waals surface area (Å²) in [5.41, 5.74) is 0.0613. The van der Waals surface area contributed by atoms with Gasteiger partial charge in [-0.1, -0.05) is 18.2 Å². The van der Waals surface area contributed by atoms with Gasteiger partial charge in [-0.05, 0) is 59.6 Å². The van der Waals surface area contributed by atoms with Gasteiger partial charge < -0.3 is 14.2 Å². The maximum Gasteiger partial charge on any atom is 0.416 e. The molecule has 0 radical (unpaired) electrons. The molecule has 0 unspecified atom stereocenters. The standard InChI is InChI=1S/C22H30N2O6/c1-21(2,3)29-19(26)23-15-11-9-8-10-13(15)14-12-16(18(25)28-7)24(17(14)23)20(27)30-22(4,5)6/h8-11,14,16-17H,12H2,1-7H3/t14-,16+,17-/m1/s1. The summed E-state index contributed by atoms with van der Waals surface area (Å²) in [5, 5.41) is 0. The van der Waals surface area contributed by atoms with E-state index < -0.39 is 41.6 Å². The van der Waals surface area contributed by atoms with Gasteiger partial charge in [0, 0.05) is 5.92 Å². The Morgan fingerprint density at radius 2 is 1.50 bits per heavy atom. The fourth-order valence-corrected chi connectivity index (χ4v) is 4.02. The molecule has 8 nitrogen and oxygen atoms in total. The molecule has 3 rings (SSSR count). The molecule has 3 atom stereocenters. The average molecular weight is 418 g/mol. The first-order valence-corrected chi connectivity index (χ1v) is 10.0. The number of nitrogens with zero attached hydrogens (tertiary/aromatic N) is 2. The van der Waals surface area contributed by atoms with Crippen LogP contribution in [0.15, 0.2) is 24.3 Å². The SMILES string of the molecule is COC(=O)[C@@H]1C[C@@H]2c3ccccc3N(C(=O)OC(C)(C)C)[C@@H]2N1C(=O)OC(C)(C)C. The summed E-state index contributed by atoms with van der Waals surface area (Å²) in [5.74, 6) is -0.804. The van der Waals surface area contributed by atoms with Crippen molar-refractivity contribution in [3.05, 3.63) is 29.8 Å². The highest BCUT2D eigenvalue weighted by atomic mass is 16.6. The van der Waals surface area contributed by atoms with Crippen LogP contribution in [0.2, 0.25) is 0 Å². The van der Waals surface area contributed by atoms with Crippen molar-refractivity contribution in [2.24, 2.45) is 0 Å². The van der Waals surface area contributed by atoms with Crippen molar-refractivity contribution in [1.29, 1.82) is 0 Å². The van der Waals surface area contributed by atoms with Gasteiger partial charge in [-0.2, -0.15) is 0 Å². The molecule has 8 heteroatoms. The minimum absolute atomic E-state index is 0.259. The molecule has 164 valence electrons. The van der Waals surface area contributed by atoms with E-state index in [0.717, 1.165) is 5.56 Å². The van der Waals surface area contributed by atoms with E-state index in [2.05, 4.69) is 0 Å². The number of amides is 2. The van der Waals surface area contributed by atoms with Gasteiger partial charge in [-0.3, -0.25) is 9.80 Å². The van der Waals surface area contributed by atoms with E-state index in [-0.39, 0.29) is 5.92 Å². The zero-order chi connectivity index (χ0) is 22.4. The third kappa shape index (κ3) is 4.08. The topological polar surface area (TPSA) is 85.4 Å². The average Bonchev–Trinajstić information content (AvgIpc) is 3.12. The fourth-order valence-electron chi connectivity index (χ4n) is 4.02.